The minimum absolute atomic E-state index is 0.306. The highest BCUT2D eigenvalue weighted by atomic mass is 35.5. The Morgan fingerprint density at radius 1 is 1.15 bits per heavy atom. The van der Waals surface area contributed by atoms with E-state index in [1.165, 1.54) is 0 Å². The molecule has 0 aromatic heterocycles. The Bertz CT molecular complexity index is 469. The second-order valence-electron chi connectivity index (χ2n) is 5.05. The van der Waals surface area contributed by atoms with Crippen LogP contribution in [0.15, 0.2) is 12.1 Å². The predicted molar refractivity (Wildman–Crippen MR) is 78.3 cm³/mol. The summed E-state index contributed by atoms with van der Waals surface area (Å²) in [6.45, 7) is 2.78. The van der Waals surface area contributed by atoms with Crippen LogP contribution < -0.4 is 14.2 Å². The average molecular weight is 301 g/mol. The molecule has 0 amide bonds. The highest BCUT2D eigenvalue weighted by molar-refractivity contribution is 6.22. The van der Waals surface area contributed by atoms with Crippen LogP contribution in [-0.2, 0) is 4.74 Å². The van der Waals surface area contributed by atoms with Crippen molar-refractivity contribution < 1.29 is 18.9 Å². The normalized spacial score (nSPS) is 23.4. The Labute approximate surface area is 124 Å². The molecule has 1 aromatic carbocycles. The molecule has 4 nitrogen and oxygen atoms in total. The van der Waals surface area contributed by atoms with E-state index in [0.29, 0.717) is 17.2 Å². The second-order valence-corrected chi connectivity index (χ2v) is 5.49. The topological polar surface area (TPSA) is 36.9 Å². The number of halogens is 1. The summed E-state index contributed by atoms with van der Waals surface area (Å²) in [4.78, 5) is 0. The maximum absolute atomic E-state index is 6.66. The zero-order valence-electron chi connectivity index (χ0n) is 12.4. The van der Waals surface area contributed by atoms with Crippen molar-refractivity contribution in [3.05, 3.63) is 17.7 Å². The fraction of sp³-hybridized carbons (Fsp3) is 0.600. The van der Waals surface area contributed by atoms with Crippen molar-refractivity contribution in [2.45, 2.75) is 30.7 Å². The lowest BCUT2D eigenvalue weighted by Crippen LogP contribution is -2.29. The van der Waals surface area contributed by atoms with Gasteiger partial charge in [-0.1, -0.05) is 0 Å². The van der Waals surface area contributed by atoms with Crippen LogP contribution in [0.5, 0.6) is 17.2 Å². The van der Waals surface area contributed by atoms with Crippen molar-refractivity contribution in [1.82, 2.24) is 0 Å². The smallest absolute Gasteiger partial charge is 0.203 e. The average Bonchev–Trinajstić information content (AvgIpc) is 2.92. The molecule has 0 saturated carbocycles. The maximum Gasteiger partial charge on any atom is 0.203 e. The van der Waals surface area contributed by atoms with Gasteiger partial charge >= 0.3 is 0 Å². The third-order valence-corrected chi connectivity index (χ3v) is 4.49. The van der Waals surface area contributed by atoms with Crippen molar-refractivity contribution in [3.8, 4) is 17.2 Å². The van der Waals surface area contributed by atoms with Gasteiger partial charge in [0, 0.05) is 12.2 Å². The second kappa shape index (κ2) is 6.10. The lowest BCUT2D eigenvalue weighted by molar-refractivity contribution is 0.0159. The van der Waals surface area contributed by atoms with Crippen LogP contribution in [0.25, 0.3) is 0 Å². The summed E-state index contributed by atoms with van der Waals surface area (Å²) < 4.78 is 22.0. The fourth-order valence-corrected chi connectivity index (χ4v) is 3.00. The summed E-state index contributed by atoms with van der Waals surface area (Å²) in [5, 5.41) is -0.306. The summed E-state index contributed by atoms with van der Waals surface area (Å²) >= 11 is 6.66. The number of alkyl halides is 1. The fourth-order valence-electron chi connectivity index (χ4n) is 2.65. The molecule has 0 bridgehead atoms. The molecule has 20 heavy (non-hydrogen) atoms. The lowest BCUT2D eigenvalue weighted by atomic mass is 9.92. The zero-order chi connectivity index (χ0) is 14.8. The molecule has 0 radical (unpaired) electrons. The van der Waals surface area contributed by atoms with E-state index < -0.39 is 0 Å². The van der Waals surface area contributed by atoms with Gasteiger partial charge in [-0.05, 0) is 31.9 Å². The van der Waals surface area contributed by atoms with Gasteiger partial charge < -0.3 is 18.9 Å². The molecule has 0 N–H and O–H groups in total. The van der Waals surface area contributed by atoms with Gasteiger partial charge in [0.05, 0.1) is 32.3 Å². The third kappa shape index (κ3) is 2.54. The lowest BCUT2D eigenvalue weighted by Gasteiger charge is -2.30. The van der Waals surface area contributed by atoms with Gasteiger partial charge in [0.25, 0.3) is 0 Å². The van der Waals surface area contributed by atoms with E-state index >= 15 is 0 Å². The van der Waals surface area contributed by atoms with Gasteiger partial charge in [-0.3, -0.25) is 0 Å². The van der Waals surface area contributed by atoms with Gasteiger partial charge in [-0.25, -0.2) is 0 Å². The Hall–Kier alpha value is -1.13. The standard InChI is InChI=1S/C15H21ClO4/c1-15(8-5-9-20-15)14(16)10-6-7-11(17-2)13(19-4)12(10)18-3/h6-7,14H,5,8-9H2,1-4H3. The number of methoxy groups -OCH3 is 3. The van der Waals surface area contributed by atoms with Crippen molar-refractivity contribution in [3.63, 3.8) is 0 Å². The van der Waals surface area contributed by atoms with Gasteiger partial charge in [0.1, 0.15) is 0 Å². The van der Waals surface area contributed by atoms with Crippen LogP contribution in [0, 0.1) is 0 Å². The van der Waals surface area contributed by atoms with Crippen LogP contribution in [-0.4, -0.2) is 33.5 Å². The summed E-state index contributed by atoms with van der Waals surface area (Å²) in [6, 6.07) is 3.75. The van der Waals surface area contributed by atoms with Gasteiger partial charge in [-0.2, -0.15) is 0 Å². The number of benzene rings is 1. The van der Waals surface area contributed by atoms with E-state index in [9.17, 15) is 0 Å². The molecular weight excluding hydrogens is 280 g/mol. The number of hydrogen-bond acceptors (Lipinski definition) is 4. The van der Waals surface area contributed by atoms with E-state index in [1.54, 1.807) is 21.3 Å². The highest BCUT2D eigenvalue weighted by Gasteiger charge is 2.40. The molecule has 112 valence electrons. The molecule has 0 aliphatic carbocycles. The first-order valence-corrected chi connectivity index (χ1v) is 7.08. The number of ether oxygens (including phenoxy) is 4. The van der Waals surface area contributed by atoms with E-state index in [0.717, 1.165) is 25.0 Å². The molecular formula is C15H21ClO4. The Balaban J connectivity index is 2.45. The molecule has 0 spiro atoms. The van der Waals surface area contributed by atoms with Crippen LogP contribution in [0.4, 0.5) is 0 Å². The predicted octanol–water partition coefficient (Wildman–Crippen LogP) is 3.56. The Morgan fingerprint density at radius 2 is 1.85 bits per heavy atom. The summed E-state index contributed by atoms with van der Waals surface area (Å²) in [7, 11) is 4.78. The first-order valence-electron chi connectivity index (χ1n) is 6.64. The molecule has 1 heterocycles. The molecule has 1 aliphatic rings. The molecule has 5 heteroatoms. The minimum Gasteiger partial charge on any atom is -0.493 e. The molecule has 1 saturated heterocycles. The Kier molecular flexibility index (Phi) is 4.66. The van der Waals surface area contributed by atoms with Crippen molar-refractivity contribution in [2.75, 3.05) is 27.9 Å². The molecule has 2 atom stereocenters. The zero-order valence-corrected chi connectivity index (χ0v) is 13.1. The third-order valence-electron chi connectivity index (χ3n) is 3.79. The SMILES string of the molecule is COc1ccc(C(Cl)C2(C)CCCO2)c(OC)c1OC. The molecule has 2 rings (SSSR count). The summed E-state index contributed by atoms with van der Waals surface area (Å²) in [6.07, 6.45) is 1.95. The Morgan fingerprint density at radius 3 is 2.35 bits per heavy atom. The van der Waals surface area contributed by atoms with Crippen LogP contribution >= 0.6 is 11.6 Å². The first kappa shape index (κ1) is 15.3. The monoisotopic (exact) mass is 300 g/mol. The summed E-state index contributed by atoms with van der Waals surface area (Å²) in [5.41, 5.74) is 0.477. The van der Waals surface area contributed by atoms with Crippen molar-refractivity contribution in [1.29, 1.82) is 0 Å². The largest absolute Gasteiger partial charge is 0.493 e. The molecule has 1 fully saturated rings. The maximum atomic E-state index is 6.66. The molecule has 1 aromatic rings. The van der Waals surface area contributed by atoms with Gasteiger partial charge in [0.2, 0.25) is 5.75 Å². The van der Waals surface area contributed by atoms with E-state index in [-0.39, 0.29) is 11.0 Å². The van der Waals surface area contributed by atoms with Gasteiger partial charge in [0.15, 0.2) is 11.5 Å². The van der Waals surface area contributed by atoms with Crippen molar-refractivity contribution >= 4 is 11.6 Å². The van der Waals surface area contributed by atoms with Crippen LogP contribution in [0.2, 0.25) is 0 Å². The highest BCUT2D eigenvalue weighted by Crippen LogP contribution is 2.49. The van der Waals surface area contributed by atoms with Crippen LogP contribution in [0.3, 0.4) is 0 Å². The first-order chi connectivity index (χ1) is 9.57. The number of rotatable bonds is 5. The van der Waals surface area contributed by atoms with E-state index in [2.05, 4.69) is 0 Å². The molecule has 2 unspecified atom stereocenters. The quantitative estimate of drug-likeness (QED) is 0.779. The molecule has 1 aliphatic heterocycles. The summed E-state index contributed by atoms with van der Waals surface area (Å²) in [5.74, 6) is 1.78. The minimum atomic E-state index is -0.381. The van der Waals surface area contributed by atoms with Crippen molar-refractivity contribution in [2.24, 2.45) is 0 Å². The van der Waals surface area contributed by atoms with Gasteiger partial charge in [-0.15, -0.1) is 11.6 Å². The van der Waals surface area contributed by atoms with Crippen LogP contribution in [0.1, 0.15) is 30.7 Å². The van der Waals surface area contributed by atoms with E-state index in [4.69, 9.17) is 30.5 Å². The van der Waals surface area contributed by atoms with E-state index in [1.807, 2.05) is 19.1 Å². The number of hydrogen-bond donors (Lipinski definition) is 0.